The molecule has 2 aromatic carbocycles. The lowest BCUT2D eigenvalue weighted by Crippen LogP contribution is -1.97. The highest BCUT2D eigenvalue weighted by atomic mass is 16.5. The average Bonchev–Trinajstić information content (AvgIpc) is 2.45. The Bertz CT molecular complexity index is 614. The van der Waals surface area contributed by atoms with Crippen LogP contribution in [0.2, 0.25) is 0 Å². The molecule has 0 aliphatic carbocycles. The Morgan fingerprint density at radius 1 is 1.05 bits per heavy atom. The first-order valence-electron chi connectivity index (χ1n) is 6.64. The first-order valence-corrected chi connectivity index (χ1v) is 6.64. The molecule has 2 nitrogen and oxygen atoms in total. The molecular weight excluding hydrogens is 246 g/mol. The topological polar surface area (TPSA) is 21.6 Å². The SMILES string of the molecule is C=C(C)Oc1cccc(C(C)=NCc2ccccc2)c1. The Hall–Kier alpha value is -2.35. The van der Waals surface area contributed by atoms with Crippen LogP contribution >= 0.6 is 0 Å². The van der Waals surface area contributed by atoms with E-state index >= 15 is 0 Å². The third kappa shape index (κ3) is 4.09. The molecule has 0 bridgehead atoms. The summed E-state index contributed by atoms with van der Waals surface area (Å²) >= 11 is 0. The predicted octanol–water partition coefficient (Wildman–Crippen LogP) is 4.61. The van der Waals surface area contributed by atoms with Gasteiger partial charge in [-0.3, -0.25) is 4.99 Å². The summed E-state index contributed by atoms with van der Waals surface area (Å²) in [5.41, 5.74) is 3.28. The summed E-state index contributed by atoms with van der Waals surface area (Å²) in [6.45, 7) is 8.29. The summed E-state index contributed by atoms with van der Waals surface area (Å²) in [6.07, 6.45) is 0. The van der Waals surface area contributed by atoms with Crippen molar-refractivity contribution in [2.75, 3.05) is 0 Å². The van der Waals surface area contributed by atoms with Crippen LogP contribution < -0.4 is 4.74 Å². The molecule has 2 rings (SSSR count). The van der Waals surface area contributed by atoms with Crippen molar-refractivity contribution in [3.05, 3.63) is 78.1 Å². The fraction of sp³-hybridized carbons (Fsp3) is 0.167. The smallest absolute Gasteiger partial charge is 0.127 e. The van der Waals surface area contributed by atoms with Crippen molar-refractivity contribution in [1.29, 1.82) is 0 Å². The highest BCUT2D eigenvalue weighted by Crippen LogP contribution is 2.16. The highest BCUT2D eigenvalue weighted by molar-refractivity contribution is 5.99. The molecule has 0 aliphatic heterocycles. The van der Waals surface area contributed by atoms with E-state index in [1.54, 1.807) is 0 Å². The second-order valence-electron chi connectivity index (χ2n) is 4.72. The van der Waals surface area contributed by atoms with Crippen molar-refractivity contribution >= 4 is 5.71 Å². The molecule has 2 aromatic rings. The van der Waals surface area contributed by atoms with E-state index in [9.17, 15) is 0 Å². The molecule has 0 heterocycles. The lowest BCUT2D eigenvalue weighted by molar-refractivity contribution is 0.430. The van der Waals surface area contributed by atoms with Gasteiger partial charge in [-0.2, -0.15) is 0 Å². The zero-order chi connectivity index (χ0) is 14.4. The van der Waals surface area contributed by atoms with Crippen molar-refractivity contribution in [2.24, 2.45) is 4.99 Å². The number of allylic oxidation sites excluding steroid dienone is 1. The zero-order valence-corrected chi connectivity index (χ0v) is 12.0. The summed E-state index contributed by atoms with van der Waals surface area (Å²) in [7, 11) is 0. The van der Waals surface area contributed by atoms with Gasteiger partial charge in [-0.1, -0.05) is 49.0 Å². The normalized spacial score (nSPS) is 11.2. The van der Waals surface area contributed by atoms with Crippen LogP contribution in [0.15, 0.2) is 71.9 Å². The highest BCUT2D eigenvalue weighted by Gasteiger charge is 2.00. The van der Waals surface area contributed by atoms with Crippen LogP contribution in [0.5, 0.6) is 5.75 Å². The summed E-state index contributed by atoms with van der Waals surface area (Å²) in [5, 5.41) is 0. The molecule has 20 heavy (non-hydrogen) atoms. The monoisotopic (exact) mass is 265 g/mol. The van der Waals surface area contributed by atoms with Crippen LogP contribution in [-0.2, 0) is 6.54 Å². The molecule has 0 saturated carbocycles. The minimum Gasteiger partial charge on any atom is -0.463 e. The van der Waals surface area contributed by atoms with Gasteiger partial charge in [0, 0.05) is 5.71 Å². The largest absolute Gasteiger partial charge is 0.463 e. The molecule has 2 heteroatoms. The van der Waals surface area contributed by atoms with Crippen molar-refractivity contribution in [2.45, 2.75) is 20.4 Å². The maximum atomic E-state index is 5.52. The molecule has 0 aliphatic rings. The van der Waals surface area contributed by atoms with Gasteiger partial charge in [-0.15, -0.1) is 0 Å². The standard InChI is InChI=1S/C18H19NO/c1-14(2)20-18-11-7-10-17(12-18)15(3)19-13-16-8-5-4-6-9-16/h4-12H,1,13H2,2-3H3. The Balaban J connectivity index is 2.12. The van der Waals surface area contributed by atoms with Gasteiger partial charge in [0.1, 0.15) is 5.75 Å². The molecule has 0 radical (unpaired) electrons. The fourth-order valence-electron chi connectivity index (χ4n) is 1.87. The van der Waals surface area contributed by atoms with Crippen molar-refractivity contribution in [1.82, 2.24) is 0 Å². The number of ether oxygens (including phenoxy) is 1. The number of benzene rings is 2. The van der Waals surface area contributed by atoms with Crippen LogP contribution in [0, 0.1) is 0 Å². The molecule has 0 aromatic heterocycles. The van der Waals surface area contributed by atoms with E-state index in [1.165, 1.54) is 5.56 Å². The minimum absolute atomic E-state index is 0.682. The van der Waals surface area contributed by atoms with Gasteiger partial charge < -0.3 is 4.74 Å². The average molecular weight is 265 g/mol. The summed E-state index contributed by atoms with van der Waals surface area (Å²) in [4.78, 5) is 4.62. The summed E-state index contributed by atoms with van der Waals surface area (Å²) < 4.78 is 5.52. The Kier molecular flexibility index (Phi) is 4.72. The van der Waals surface area contributed by atoms with Crippen molar-refractivity contribution in [3.8, 4) is 5.75 Å². The van der Waals surface area contributed by atoms with E-state index in [2.05, 4.69) is 23.7 Å². The number of hydrogen-bond acceptors (Lipinski definition) is 2. The molecule has 0 spiro atoms. The predicted molar refractivity (Wildman–Crippen MR) is 84.2 cm³/mol. The molecule has 0 saturated heterocycles. The van der Waals surface area contributed by atoms with Crippen molar-refractivity contribution < 1.29 is 4.74 Å². The van der Waals surface area contributed by atoms with Gasteiger partial charge in [0.25, 0.3) is 0 Å². The minimum atomic E-state index is 0.682. The quantitative estimate of drug-likeness (QED) is 0.571. The van der Waals surface area contributed by atoms with E-state index < -0.39 is 0 Å². The molecule has 0 amide bonds. The van der Waals surface area contributed by atoms with Crippen LogP contribution in [-0.4, -0.2) is 5.71 Å². The van der Waals surface area contributed by atoms with Gasteiger partial charge in [-0.05, 0) is 37.1 Å². The molecule has 0 unspecified atom stereocenters. The number of aliphatic imine (C=N–C) groups is 1. The van der Waals surface area contributed by atoms with Crippen molar-refractivity contribution in [3.63, 3.8) is 0 Å². The van der Waals surface area contributed by atoms with Crippen LogP contribution in [0.3, 0.4) is 0 Å². The van der Waals surface area contributed by atoms with Crippen LogP contribution in [0.25, 0.3) is 0 Å². The van der Waals surface area contributed by atoms with E-state index in [-0.39, 0.29) is 0 Å². The molecular formula is C18H19NO. The third-order valence-corrected chi connectivity index (χ3v) is 2.89. The number of hydrogen-bond donors (Lipinski definition) is 0. The van der Waals surface area contributed by atoms with Gasteiger partial charge in [0.05, 0.1) is 12.3 Å². The maximum Gasteiger partial charge on any atom is 0.127 e. The molecule has 102 valence electrons. The maximum absolute atomic E-state index is 5.52. The van der Waals surface area contributed by atoms with Gasteiger partial charge >= 0.3 is 0 Å². The first kappa shape index (κ1) is 14.1. The number of rotatable bonds is 5. The Morgan fingerprint density at radius 2 is 1.80 bits per heavy atom. The van der Waals surface area contributed by atoms with Gasteiger partial charge in [-0.25, -0.2) is 0 Å². The Morgan fingerprint density at radius 3 is 2.50 bits per heavy atom. The Labute approximate surface area is 120 Å². The second-order valence-corrected chi connectivity index (χ2v) is 4.72. The second kappa shape index (κ2) is 6.71. The van der Waals surface area contributed by atoms with Crippen LogP contribution in [0.4, 0.5) is 0 Å². The summed E-state index contributed by atoms with van der Waals surface area (Å²) in [5.74, 6) is 1.48. The lowest BCUT2D eigenvalue weighted by Gasteiger charge is -2.07. The van der Waals surface area contributed by atoms with Crippen LogP contribution in [0.1, 0.15) is 25.0 Å². The van der Waals surface area contributed by atoms with E-state index in [4.69, 9.17) is 4.74 Å². The van der Waals surface area contributed by atoms with E-state index in [0.717, 1.165) is 17.0 Å². The van der Waals surface area contributed by atoms with E-state index in [0.29, 0.717) is 12.3 Å². The first-order chi connectivity index (χ1) is 9.65. The molecule has 0 fully saturated rings. The molecule has 0 N–H and O–H groups in total. The van der Waals surface area contributed by atoms with E-state index in [1.807, 2.05) is 56.3 Å². The lowest BCUT2D eigenvalue weighted by atomic mass is 10.1. The third-order valence-electron chi connectivity index (χ3n) is 2.89. The fourth-order valence-corrected chi connectivity index (χ4v) is 1.87. The number of nitrogens with zero attached hydrogens (tertiary/aromatic N) is 1. The van der Waals surface area contributed by atoms with Gasteiger partial charge in [0.15, 0.2) is 0 Å². The zero-order valence-electron chi connectivity index (χ0n) is 12.0. The molecule has 0 atom stereocenters. The van der Waals surface area contributed by atoms with Gasteiger partial charge in [0.2, 0.25) is 0 Å². The summed E-state index contributed by atoms with van der Waals surface area (Å²) in [6, 6.07) is 18.1.